The number of benzene rings is 1. The molecule has 0 bridgehead atoms. The van der Waals surface area contributed by atoms with Gasteiger partial charge in [-0.25, -0.2) is 4.79 Å². The second-order valence-corrected chi connectivity index (χ2v) is 7.08. The van der Waals surface area contributed by atoms with E-state index < -0.39 is 0 Å². The first kappa shape index (κ1) is 17.9. The molecular weight excluding hydrogens is 428 g/mol. The molecule has 1 aromatic carbocycles. The van der Waals surface area contributed by atoms with Crippen molar-refractivity contribution in [3.8, 4) is 0 Å². The lowest BCUT2D eigenvalue weighted by Gasteiger charge is -2.09. The van der Waals surface area contributed by atoms with Crippen molar-refractivity contribution < 1.29 is 9.32 Å². The molecule has 0 fully saturated rings. The zero-order valence-corrected chi connectivity index (χ0v) is 16.1. The van der Waals surface area contributed by atoms with Gasteiger partial charge in [0, 0.05) is 27.8 Å². The fourth-order valence-electron chi connectivity index (χ4n) is 1.80. The minimum absolute atomic E-state index is 0.249. The van der Waals surface area contributed by atoms with E-state index in [4.69, 9.17) is 4.52 Å². The van der Waals surface area contributed by atoms with Crippen LogP contribution in [0.4, 0.5) is 10.5 Å². The van der Waals surface area contributed by atoms with Crippen LogP contribution in [0.3, 0.4) is 0 Å². The van der Waals surface area contributed by atoms with Crippen molar-refractivity contribution in [3.05, 3.63) is 38.9 Å². The molecule has 2 N–H and O–H groups in total. The molecule has 2 amide bonds. The molecule has 0 unspecified atom stereocenters. The van der Waals surface area contributed by atoms with E-state index in [9.17, 15) is 4.79 Å². The molecule has 2 aromatic rings. The van der Waals surface area contributed by atoms with Crippen LogP contribution in [0, 0.1) is 0 Å². The number of nitrogens with zero attached hydrogens (tertiary/aromatic N) is 2. The van der Waals surface area contributed by atoms with Crippen molar-refractivity contribution in [3.63, 3.8) is 0 Å². The second kappa shape index (κ2) is 8.44. The molecule has 0 spiro atoms. The molecule has 23 heavy (non-hydrogen) atoms. The van der Waals surface area contributed by atoms with Gasteiger partial charge in [-0.3, -0.25) is 0 Å². The van der Waals surface area contributed by atoms with E-state index in [2.05, 4.69) is 52.6 Å². The minimum Gasteiger partial charge on any atom is -0.339 e. The Morgan fingerprint density at radius 1 is 1.35 bits per heavy atom. The number of aryl methyl sites for hydroxylation is 1. The number of carbonyl (C=O) groups excluding carboxylic acids is 1. The molecule has 8 heteroatoms. The van der Waals surface area contributed by atoms with Gasteiger partial charge in [-0.2, -0.15) is 4.98 Å². The van der Waals surface area contributed by atoms with Crippen molar-refractivity contribution in [2.24, 2.45) is 0 Å². The Bertz CT molecular complexity index is 673. The number of nitrogens with one attached hydrogen (secondary N) is 2. The molecule has 0 radical (unpaired) electrons. The summed E-state index contributed by atoms with van der Waals surface area (Å²) in [5.74, 6) is 1.57. The van der Waals surface area contributed by atoms with Gasteiger partial charge in [0.05, 0.1) is 5.69 Å². The smallest absolute Gasteiger partial charge is 0.319 e. The molecule has 0 saturated carbocycles. The summed E-state index contributed by atoms with van der Waals surface area (Å²) in [6.45, 7) is 4.56. The Kier molecular flexibility index (Phi) is 6.59. The summed E-state index contributed by atoms with van der Waals surface area (Å²) in [6, 6.07) is 5.31. The van der Waals surface area contributed by atoms with Gasteiger partial charge in [-0.15, -0.1) is 0 Å². The van der Waals surface area contributed by atoms with Gasteiger partial charge in [0.1, 0.15) is 0 Å². The lowest BCUT2D eigenvalue weighted by Crippen LogP contribution is -2.29. The van der Waals surface area contributed by atoms with E-state index in [1.165, 1.54) is 0 Å². The zero-order valence-electron chi connectivity index (χ0n) is 12.9. The quantitative estimate of drug-likeness (QED) is 0.642. The van der Waals surface area contributed by atoms with Crippen molar-refractivity contribution in [2.75, 3.05) is 11.9 Å². The highest BCUT2D eigenvalue weighted by Crippen LogP contribution is 2.25. The summed E-state index contributed by atoms with van der Waals surface area (Å²) in [7, 11) is 0. The summed E-state index contributed by atoms with van der Waals surface area (Å²) in [4.78, 5) is 16.1. The summed E-state index contributed by atoms with van der Waals surface area (Å²) >= 11 is 6.77. The second-order valence-electron chi connectivity index (χ2n) is 5.31. The monoisotopic (exact) mass is 444 g/mol. The molecule has 1 aromatic heterocycles. The SMILES string of the molecule is CC(C)c1noc(CCCNC(=O)Nc2ccc(Br)cc2Br)n1. The number of hydrogen-bond acceptors (Lipinski definition) is 4. The van der Waals surface area contributed by atoms with Gasteiger partial charge in [0.25, 0.3) is 0 Å². The van der Waals surface area contributed by atoms with Crippen LogP contribution in [-0.4, -0.2) is 22.7 Å². The topological polar surface area (TPSA) is 80.0 Å². The molecule has 124 valence electrons. The highest BCUT2D eigenvalue weighted by Gasteiger charge is 2.09. The minimum atomic E-state index is -0.249. The number of aromatic nitrogens is 2. The lowest BCUT2D eigenvalue weighted by molar-refractivity contribution is 0.251. The third-order valence-electron chi connectivity index (χ3n) is 3.03. The Morgan fingerprint density at radius 2 is 2.13 bits per heavy atom. The maximum absolute atomic E-state index is 11.8. The third kappa shape index (κ3) is 5.62. The predicted octanol–water partition coefficient (Wildman–Crippen LogP) is 4.47. The number of halogens is 2. The van der Waals surface area contributed by atoms with E-state index in [-0.39, 0.29) is 11.9 Å². The molecule has 6 nitrogen and oxygen atoms in total. The Labute approximate surface area is 151 Å². The Hall–Kier alpha value is -1.41. The van der Waals surface area contributed by atoms with Gasteiger partial charge >= 0.3 is 6.03 Å². The van der Waals surface area contributed by atoms with Gasteiger partial charge in [0.2, 0.25) is 5.89 Å². The first-order valence-corrected chi connectivity index (χ1v) is 8.86. The number of rotatable bonds is 6. The van der Waals surface area contributed by atoms with Gasteiger partial charge < -0.3 is 15.2 Å². The molecule has 0 saturated heterocycles. The summed E-state index contributed by atoms with van der Waals surface area (Å²) in [6.07, 6.45) is 1.37. The number of urea groups is 1. The van der Waals surface area contributed by atoms with E-state index in [0.29, 0.717) is 30.4 Å². The number of amides is 2. The van der Waals surface area contributed by atoms with Crippen LogP contribution in [0.25, 0.3) is 0 Å². The summed E-state index contributed by atoms with van der Waals surface area (Å²) in [5, 5.41) is 9.49. The Morgan fingerprint density at radius 3 is 2.78 bits per heavy atom. The molecule has 2 rings (SSSR count). The molecule has 0 atom stereocenters. The highest BCUT2D eigenvalue weighted by molar-refractivity contribution is 9.11. The summed E-state index contributed by atoms with van der Waals surface area (Å²) < 4.78 is 6.91. The van der Waals surface area contributed by atoms with Crippen molar-refractivity contribution in [2.45, 2.75) is 32.6 Å². The first-order valence-electron chi connectivity index (χ1n) is 7.28. The third-order valence-corrected chi connectivity index (χ3v) is 4.18. The fourth-order valence-corrected chi connectivity index (χ4v) is 2.95. The molecule has 1 heterocycles. The molecular formula is C15H18Br2N4O2. The van der Waals surface area contributed by atoms with Gasteiger partial charge in [-0.1, -0.05) is 34.9 Å². The normalized spacial score (nSPS) is 10.8. The van der Waals surface area contributed by atoms with E-state index in [1.54, 1.807) is 0 Å². The number of hydrogen-bond donors (Lipinski definition) is 2. The lowest BCUT2D eigenvalue weighted by atomic mass is 10.2. The molecule has 0 aliphatic rings. The standard InChI is InChI=1S/C15H18Br2N4O2/c1-9(2)14-20-13(23-21-14)4-3-7-18-15(22)19-12-6-5-10(16)8-11(12)17/h5-6,8-9H,3-4,7H2,1-2H3,(H2,18,19,22). The summed E-state index contributed by atoms with van der Waals surface area (Å²) in [5.41, 5.74) is 0.712. The van der Waals surface area contributed by atoms with Crippen LogP contribution in [0.1, 0.15) is 37.9 Å². The van der Waals surface area contributed by atoms with Crippen molar-refractivity contribution in [1.29, 1.82) is 0 Å². The van der Waals surface area contributed by atoms with Crippen LogP contribution < -0.4 is 10.6 Å². The van der Waals surface area contributed by atoms with Crippen molar-refractivity contribution in [1.82, 2.24) is 15.5 Å². The van der Waals surface area contributed by atoms with Crippen LogP contribution in [0.15, 0.2) is 31.7 Å². The Balaban J connectivity index is 1.72. The van der Waals surface area contributed by atoms with Crippen LogP contribution in [-0.2, 0) is 6.42 Å². The predicted molar refractivity (Wildman–Crippen MR) is 95.6 cm³/mol. The van der Waals surface area contributed by atoms with Crippen LogP contribution >= 0.6 is 31.9 Å². The first-order chi connectivity index (χ1) is 11.0. The number of carbonyl (C=O) groups is 1. The van der Waals surface area contributed by atoms with Gasteiger partial charge in [-0.05, 0) is 40.5 Å². The van der Waals surface area contributed by atoms with Crippen LogP contribution in [0.5, 0.6) is 0 Å². The van der Waals surface area contributed by atoms with Gasteiger partial charge in [0.15, 0.2) is 5.82 Å². The van der Waals surface area contributed by atoms with Crippen molar-refractivity contribution >= 4 is 43.6 Å². The zero-order chi connectivity index (χ0) is 16.8. The van der Waals surface area contributed by atoms with E-state index in [0.717, 1.165) is 15.4 Å². The average Bonchev–Trinajstić information content (AvgIpc) is 2.96. The maximum atomic E-state index is 11.8. The fraction of sp³-hybridized carbons (Fsp3) is 0.400. The van der Waals surface area contributed by atoms with E-state index >= 15 is 0 Å². The highest BCUT2D eigenvalue weighted by atomic mass is 79.9. The largest absolute Gasteiger partial charge is 0.339 e. The maximum Gasteiger partial charge on any atom is 0.319 e. The number of anilines is 1. The van der Waals surface area contributed by atoms with E-state index in [1.807, 2.05) is 32.0 Å². The molecule has 0 aliphatic heterocycles. The van der Waals surface area contributed by atoms with Crippen LogP contribution in [0.2, 0.25) is 0 Å². The average molecular weight is 446 g/mol. The molecule has 0 aliphatic carbocycles.